The molecule has 0 aliphatic heterocycles. The molecule has 0 aliphatic rings. The van der Waals surface area contributed by atoms with Crippen molar-refractivity contribution >= 4 is 22.0 Å². The second kappa shape index (κ2) is 6.49. The summed E-state index contributed by atoms with van der Waals surface area (Å²) in [5.41, 5.74) is 0.0812. The Balaban J connectivity index is 3.04. The molecule has 0 fully saturated rings. The maximum atomic E-state index is 12.0. The molecule has 20 heavy (non-hydrogen) atoms. The maximum Gasteiger partial charge on any atom is 0.338 e. The smallest absolute Gasteiger partial charge is 0.338 e. The summed E-state index contributed by atoms with van der Waals surface area (Å²) in [6, 6.07) is 3.92. The molecule has 8 heteroatoms. The molecule has 7 nitrogen and oxygen atoms in total. The summed E-state index contributed by atoms with van der Waals surface area (Å²) in [6.45, 7) is 3.01. The number of hydrogen-bond acceptors (Lipinski definition) is 5. The quantitative estimate of drug-likeness (QED) is 0.745. The third-order valence-corrected chi connectivity index (χ3v) is 3.90. The topological polar surface area (TPSA) is 110 Å². The number of carboxylic acid groups (broad SMARTS) is 1. The fraction of sp³-hybridized carbons (Fsp3) is 0.333. The number of aliphatic carboxylic acids is 1. The van der Waals surface area contributed by atoms with E-state index in [0.717, 1.165) is 6.07 Å². The number of hydrogen-bond donors (Lipinski definition) is 2. The van der Waals surface area contributed by atoms with Gasteiger partial charge >= 0.3 is 11.9 Å². The van der Waals surface area contributed by atoms with Gasteiger partial charge in [-0.05, 0) is 32.0 Å². The van der Waals surface area contributed by atoms with Gasteiger partial charge in [0, 0.05) is 0 Å². The number of ether oxygens (including phenoxy) is 1. The number of carbonyl (C=O) groups excluding carboxylic acids is 1. The van der Waals surface area contributed by atoms with Crippen LogP contribution in [0.15, 0.2) is 29.2 Å². The van der Waals surface area contributed by atoms with Gasteiger partial charge in [-0.2, -0.15) is 4.72 Å². The van der Waals surface area contributed by atoms with E-state index in [-0.39, 0.29) is 17.1 Å². The number of rotatable bonds is 6. The number of carboxylic acids is 1. The minimum atomic E-state index is -4.01. The minimum Gasteiger partial charge on any atom is -0.480 e. The summed E-state index contributed by atoms with van der Waals surface area (Å²) in [4.78, 5) is 22.0. The van der Waals surface area contributed by atoms with Gasteiger partial charge in [-0.3, -0.25) is 4.79 Å². The maximum absolute atomic E-state index is 12.0. The van der Waals surface area contributed by atoms with Crippen molar-refractivity contribution in [1.29, 1.82) is 0 Å². The molecule has 110 valence electrons. The Kier molecular flexibility index (Phi) is 5.23. The normalized spacial score (nSPS) is 12.7. The Hall–Kier alpha value is -1.93. The molecule has 0 saturated heterocycles. The lowest BCUT2D eigenvalue weighted by Gasteiger charge is -2.11. The highest BCUT2D eigenvalue weighted by molar-refractivity contribution is 7.89. The number of sulfonamides is 1. The summed E-state index contributed by atoms with van der Waals surface area (Å²) < 4.78 is 30.7. The van der Waals surface area contributed by atoms with Gasteiger partial charge in [-0.25, -0.2) is 13.2 Å². The average molecular weight is 301 g/mol. The third kappa shape index (κ3) is 4.04. The number of esters is 1. The summed E-state index contributed by atoms with van der Waals surface area (Å²) in [5.74, 6) is -1.94. The van der Waals surface area contributed by atoms with Gasteiger partial charge in [0.05, 0.1) is 17.1 Å². The molecule has 0 aliphatic carbocycles. The molecule has 0 amide bonds. The SMILES string of the molecule is CCOC(=O)c1cccc(S(=O)(=O)N[C@H](C)C(=O)O)c1. The van der Waals surface area contributed by atoms with Crippen LogP contribution in [0, 0.1) is 0 Å². The molecule has 0 heterocycles. The first-order valence-corrected chi connectivity index (χ1v) is 7.28. The molecule has 1 rings (SSSR count). The lowest BCUT2D eigenvalue weighted by atomic mass is 10.2. The third-order valence-electron chi connectivity index (χ3n) is 2.36. The van der Waals surface area contributed by atoms with Gasteiger partial charge in [0.2, 0.25) is 10.0 Å². The second-order valence-electron chi connectivity index (χ2n) is 3.93. The highest BCUT2D eigenvalue weighted by atomic mass is 32.2. The Bertz CT molecular complexity index is 610. The largest absolute Gasteiger partial charge is 0.480 e. The fourth-order valence-corrected chi connectivity index (χ4v) is 2.60. The van der Waals surface area contributed by atoms with Gasteiger partial charge in [-0.1, -0.05) is 6.07 Å². The molecule has 1 aromatic rings. The molecule has 1 atom stereocenters. The van der Waals surface area contributed by atoms with E-state index in [1.807, 2.05) is 4.72 Å². The van der Waals surface area contributed by atoms with Crippen molar-refractivity contribution < 1.29 is 27.9 Å². The van der Waals surface area contributed by atoms with Crippen LogP contribution < -0.4 is 4.72 Å². The summed E-state index contributed by atoms with van der Waals surface area (Å²) >= 11 is 0. The highest BCUT2D eigenvalue weighted by Crippen LogP contribution is 2.13. The van der Waals surface area contributed by atoms with E-state index in [1.54, 1.807) is 6.92 Å². The summed E-state index contributed by atoms with van der Waals surface area (Å²) in [7, 11) is -4.01. The lowest BCUT2D eigenvalue weighted by Crippen LogP contribution is -2.38. The molecule has 0 aromatic heterocycles. The van der Waals surface area contributed by atoms with Crippen molar-refractivity contribution in [1.82, 2.24) is 4.72 Å². The molecule has 2 N–H and O–H groups in total. The fourth-order valence-electron chi connectivity index (χ4n) is 1.36. The average Bonchev–Trinajstić information content (AvgIpc) is 2.38. The van der Waals surface area contributed by atoms with Crippen LogP contribution in [0.5, 0.6) is 0 Å². The number of nitrogens with one attached hydrogen (secondary N) is 1. The van der Waals surface area contributed by atoms with Crippen LogP contribution in [-0.4, -0.2) is 38.1 Å². The zero-order valence-corrected chi connectivity index (χ0v) is 11.8. The van der Waals surface area contributed by atoms with E-state index in [1.165, 1.54) is 25.1 Å². The van der Waals surface area contributed by atoms with E-state index in [4.69, 9.17) is 9.84 Å². The predicted octanol–water partition coefficient (Wildman–Crippen LogP) is 0.615. The van der Waals surface area contributed by atoms with Crippen LogP contribution in [0.3, 0.4) is 0 Å². The van der Waals surface area contributed by atoms with Gasteiger partial charge in [0.1, 0.15) is 6.04 Å². The first-order valence-electron chi connectivity index (χ1n) is 5.80. The molecule has 0 radical (unpaired) electrons. The van der Waals surface area contributed by atoms with E-state index in [0.29, 0.717) is 0 Å². The Morgan fingerprint density at radius 3 is 2.60 bits per heavy atom. The van der Waals surface area contributed by atoms with Crippen molar-refractivity contribution in [3.05, 3.63) is 29.8 Å². The van der Waals surface area contributed by atoms with Crippen molar-refractivity contribution in [2.75, 3.05) is 6.61 Å². The zero-order valence-electron chi connectivity index (χ0n) is 11.0. The van der Waals surface area contributed by atoms with E-state index < -0.39 is 28.0 Å². The molecule has 0 spiro atoms. The zero-order chi connectivity index (χ0) is 15.3. The van der Waals surface area contributed by atoms with Crippen molar-refractivity contribution in [2.45, 2.75) is 24.8 Å². The number of carbonyl (C=O) groups is 2. The molecular weight excluding hydrogens is 286 g/mol. The van der Waals surface area contributed by atoms with Gasteiger partial charge in [0.25, 0.3) is 0 Å². The minimum absolute atomic E-state index is 0.0812. The summed E-state index contributed by atoms with van der Waals surface area (Å²) in [5, 5.41) is 8.70. The van der Waals surface area contributed by atoms with Crippen molar-refractivity contribution in [2.24, 2.45) is 0 Å². The van der Waals surface area contributed by atoms with Crippen LogP contribution in [0.4, 0.5) is 0 Å². The monoisotopic (exact) mass is 301 g/mol. The van der Waals surface area contributed by atoms with Crippen LogP contribution in [-0.2, 0) is 19.6 Å². The van der Waals surface area contributed by atoms with Gasteiger partial charge < -0.3 is 9.84 Å². The number of benzene rings is 1. The van der Waals surface area contributed by atoms with Gasteiger partial charge in [0.15, 0.2) is 0 Å². The van der Waals surface area contributed by atoms with E-state index in [9.17, 15) is 18.0 Å². The van der Waals surface area contributed by atoms with Crippen molar-refractivity contribution in [3.8, 4) is 0 Å². The first-order chi connectivity index (χ1) is 9.27. The predicted molar refractivity (Wildman–Crippen MR) is 69.8 cm³/mol. The first kappa shape index (κ1) is 16.1. The standard InChI is InChI=1S/C12H15NO6S/c1-3-19-12(16)9-5-4-6-10(7-9)20(17,18)13-8(2)11(14)15/h4-8,13H,3H2,1-2H3,(H,14,15)/t8-/m1/s1. The van der Waals surface area contributed by atoms with E-state index >= 15 is 0 Å². The van der Waals surface area contributed by atoms with Crippen LogP contribution >= 0.6 is 0 Å². The van der Waals surface area contributed by atoms with Crippen LogP contribution in [0.2, 0.25) is 0 Å². The van der Waals surface area contributed by atoms with Crippen LogP contribution in [0.25, 0.3) is 0 Å². The van der Waals surface area contributed by atoms with Crippen molar-refractivity contribution in [3.63, 3.8) is 0 Å². The van der Waals surface area contributed by atoms with Crippen LogP contribution in [0.1, 0.15) is 24.2 Å². The molecule has 0 saturated carbocycles. The Morgan fingerprint density at radius 1 is 1.40 bits per heavy atom. The lowest BCUT2D eigenvalue weighted by molar-refractivity contribution is -0.138. The summed E-state index contributed by atoms with van der Waals surface area (Å²) in [6.07, 6.45) is 0. The highest BCUT2D eigenvalue weighted by Gasteiger charge is 2.22. The van der Waals surface area contributed by atoms with Gasteiger partial charge in [-0.15, -0.1) is 0 Å². The molecule has 0 unspecified atom stereocenters. The molecule has 0 bridgehead atoms. The Labute approximate surface area is 116 Å². The molecule has 1 aromatic carbocycles. The Morgan fingerprint density at radius 2 is 2.05 bits per heavy atom. The molecular formula is C12H15NO6S. The van der Waals surface area contributed by atoms with E-state index in [2.05, 4.69) is 0 Å². The second-order valence-corrected chi connectivity index (χ2v) is 5.64.